The first-order valence-corrected chi connectivity index (χ1v) is 12.2. The second-order valence-electron chi connectivity index (χ2n) is 7.05. The Hall–Kier alpha value is -2.71. The molecule has 1 aliphatic rings. The molecule has 0 unspecified atom stereocenters. The van der Waals surface area contributed by atoms with Gasteiger partial charge >= 0.3 is 5.97 Å². The summed E-state index contributed by atoms with van der Waals surface area (Å²) in [6.07, 6.45) is 0. The van der Waals surface area contributed by atoms with Crippen molar-refractivity contribution >= 4 is 79.6 Å². The van der Waals surface area contributed by atoms with E-state index in [9.17, 15) is 9.59 Å². The lowest BCUT2D eigenvalue weighted by Crippen LogP contribution is -2.32. The summed E-state index contributed by atoms with van der Waals surface area (Å²) < 4.78 is 11.2. The number of carbonyl (C=O) groups excluding carboxylic acids is 2. The molecule has 9 heteroatoms. The Morgan fingerprint density at radius 3 is 2.18 bits per heavy atom. The summed E-state index contributed by atoms with van der Waals surface area (Å²) >= 11 is 15.5. The number of methoxy groups -OCH3 is 1. The van der Waals surface area contributed by atoms with Crippen molar-refractivity contribution < 1.29 is 19.1 Å². The van der Waals surface area contributed by atoms with E-state index in [0.717, 1.165) is 32.5 Å². The quantitative estimate of drug-likeness (QED) is 0.269. The van der Waals surface area contributed by atoms with Gasteiger partial charge in [-0.05, 0) is 36.4 Å². The number of halogens is 2. The van der Waals surface area contributed by atoms with Gasteiger partial charge in [0.15, 0.2) is 6.61 Å². The van der Waals surface area contributed by atoms with E-state index in [1.54, 1.807) is 28.8 Å². The average molecular weight is 516 g/mol. The lowest BCUT2D eigenvalue weighted by Gasteiger charge is -2.30. The summed E-state index contributed by atoms with van der Waals surface area (Å²) in [4.78, 5) is 29.7. The Kier molecular flexibility index (Phi) is 5.97. The number of hydrogen-bond acceptors (Lipinski definition) is 6. The van der Waals surface area contributed by atoms with Gasteiger partial charge in [-0.1, -0.05) is 59.2 Å². The first-order chi connectivity index (χ1) is 16.0. The third kappa shape index (κ3) is 3.85. The van der Waals surface area contributed by atoms with Crippen LogP contribution in [0.15, 0.2) is 70.5 Å². The molecule has 0 fully saturated rings. The number of amides is 1. The molecule has 1 amide bonds. The molecule has 0 aliphatic carbocycles. The zero-order valence-corrected chi connectivity index (χ0v) is 20.3. The number of nitrogens with zero attached hydrogens (tertiary/aromatic N) is 1. The minimum Gasteiger partial charge on any atom is -0.495 e. The zero-order chi connectivity index (χ0) is 23.1. The molecule has 0 saturated heterocycles. The third-order valence-corrected chi connectivity index (χ3v) is 8.44. The molecule has 166 valence electrons. The van der Waals surface area contributed by atoms with Crippen molar-refractivity contribution in [2.75, 3.05) is 18.6 Å². The van der Waals surface area contributed by atoms with Crippen molar-refractivity contribution in [3.05, 3.63) is 75.6 Å². The highest BCUT2D eigenvalue weighted by molar-refractivity contribution is 7.99. The maximum atomic E-state index is 13.2. The third-order valence-electron chi connectivity index (χ3n) is 5.12. The molecule has 0 N–H and O–H groups in total. The summed E-state index contributed by atoms with van der Waals surface area (Å²) in [7, 11) is 1.51. The van der Waals surface area contributed by atoms with E-state index in [4.69, 9.17) is 32.7 Å². The molecule has 2 heterocycles. The molecule has 0 radical (unpaired) electrons. The van der Waals surface area contributed by atoms with E-state index in [2.05, 4.69) is 0 Å². The van der Waals surface area contributed by atoms with Crippen LogP contribution in [0.2, 0.25) is 10.0 Å². The second kappa shape index (κ2) is 8.91. The molecule has 0 saturated carbocycles. The van der Waals surface area contributed by atoms with E-state index in [-0.39, 0.29) is 15.8 Å². The van der Waals surface area contributed by atoms with E-state index >= 15 is 0 Å². The van der Waals surface area contributed by atoms with Gasteiger partial charge in [-0.15, -0.1) is 11.3 Å². The van der Waals surface area contributed by atoms with Crippen molar-refractivity contribution in [1.82, 2.24) is 0 Å². The van der Waals surface area contributed by atoms with Crippen LogP contribution in [0.5, 0.6) is 5.75 Å². The maximum Gasteiger partial charge on any atom is 0.350 e. The van der Waals surface area contributed by atoms with Gasteiger partial charge in [-0.3, -0.25) is 9.69 Å². The van der Waals surface area contributed by atoms with Crippen LogP contribution in [0.25, 0.3) is 10.1 Å². The van der Waals surface area contributed by atoms with Gasteiger partial charge < -0.3 is 9.47 Å². The minimum absolute atomic E-state index is 0.185. The molecule has 0 spiro atoms. The summed E-state index contributed by atoms with van der Waals surface area (Å²) in [5.74, 6) is -0.560. The Morgan fingerprint density at radius 2 is 1.55 bits per heavy atom. The number of carbonyl (C=O) groups is 2. The van der Waals surface area contributed by atoms with Gasteiger partial charge in [0.1, 0.15) is 15.6 Å². The predicted molar refractivity (Wildman–Crippen MR) is 133 cm³/mol. The van der Waals surface area contributed by atoms with E-state index in [1.165, 1.54) is 7.11 Å². The zero-order valence-electron chi connectivity index (χ0n) is 17.1. The summed E-state index contributed by atoms with van der Waals surface area (Å²) in [5, 5.41) is 1.24. The highest BCUT2D eigenvalue weighted by Crippen LogP contribution is 2.48. The highest BCUT2D eigenvalue weighted by atomic mass is 35.5. The summed E-state index contributed by atoms with van der Waals surface area (Å²) in [5.41, 5.74) is 1.50. The topological polar surface area (TPSA) is 55.8 Å². The Bertz CT molecular complexity index is 1370. The number of ether oxygens (including phenoxy) is 2. The standard InChI is InChI=1S/C24H15Cl2NO4S2/c1-30-16-11-10-13-20(25)23(33-22(13)21(16)26)24(29)31-12-19(28)27-14-6-2-4-8-17(14)32-18-9-5-3-7-15(18)27/h2-11H,12H2,1H3. The normalized spacial score (nSPS) is 12.3. The molecule has 3 aromatic carbocycles. The van der Waals surface area contributed by atoms with Crippen LogP contribution in [-0.4, -0.2) is 25.6 Å². The molecular formula is C24H15Cl2NO4S2. The smallest absolute Gasteiger partial charge is 0.350 e. The molecular weight excluding hydrogens is 501 g/mol. The fourth-order valence-electron chi connectivity index (χ4n) is 3.60. The molecule has 4 aromatic rings. The van der Waals surface area contributed by atoms with Gasteiger partial charge in [0.2, 0.25) is 0 Å². The van der Waals surface area contributed by atoms with Gasteiger partial charge in [0.05, 0.1) is 28.2 Å². The Balaban J connectivity index is 1.41. The number of hydrogen-bond donors (Lipinski definition) is 0. The lowest BCUT2D eigenvalue weighted by atomic mass is 10.2. The maximum absolute atomic E-state index is 13.2. The van der Waals surface area contributed by atoms with Gasteiger partial charge in [0, 0.05) is 15.2 Å². The Morgan fingerprint density at radius 1 is 0.909 bits per heavy atom. The van der Waals surface area contributed by atoms with Gasteiger partial charge in [0.25, 0.3) is 5.91 Å². The van der Waals surface area contributed by atoms with Gasteiger partial charge in [-0.25, -0.2) is 4.79 Å². The molecule has 33 heavy (non-hydrogen) atoms. The predicted octanol–water partition coefficient (Wildman–Crippen LogP) is 7.20. The van der Waals surface area contributed by atoms with Crippen molar-refractivity contribution in [2.45, 2.75) is 9.79 Å². The number of rotatable bonds is 4. The van der Waals surface area contributed by atoms with E-state index in [0.29, 0.717) is 20.9 Å². The van der Waals surface area contributed by atoms with Crippen molar-refractivity contribution in [1.29, 1.82) is 0 Å². The molecule has 1 aliphatic heterocycles. The number of esters is 1. The second-order valence-corrected chi connectivity index (χ2v) is 9.91. The van der Waals surface area contributed by atoms with E-state index < -0.39 is 12.6 Å². The highest BCUT2D eigenvalue weighted by Gasteiger charge is 2.29. The fraction of sp³-hybridized carbons (Fsp3) is 0.0833. The molecule has 1 aromatic heterocycles. The number of benzene rings is 3. The minimum atomic E-state index is -0.683. The Labute approximate surface area is 207 Å². The molecule has 0 atom stereocenters. The van der Waals surface area contributed by atoms with E-state index in [1.807, 2.05) is 48.5 Å². The van der Waals surface area contributed by atoms with Crippen molar-refractivity contribution in [3.63, 3.8) is 0 Å². The first kappa shape index (κ1) is 22.1. The molecule has 5 nitrogen and oxygen atoms in total. The monoisotopic (exact) mass is 515 g/mol. The van der Waals surface area contributed by atoms with Crippen LogP contribution in [0, 0.1) is 0 Å². The number of fused-ring (bicyclic) bond motifs is 3. The van der Waals surface area contributed by atoms with Crippen molar-refractivity contribution in [2.24, 2.45) is 0 Å². The SMILES string of the molecule is COc1ccc2c(Cl)c(C(=O)OCC(=O)N3c4ccccc4Sc4ccccc43)sc2c1Cl. The number of thiophene rings is 1. The average Bonchev–Trinajstić information content (AvgIpc) is 3.18. The number of para-hydroxylation sites is 2. The fourth-order valence-corrected chi connectivity index (χ4v) is 6.44. The van der Waals surface area contributed by atoms with Gasteiger partial charge in [-0.2, -0.15) is 0 Å². The van der Waals surface area contributed by atoms with Crippen LogP contribution in [0.4, 0.5) is 11.4 Å². The van der Waals surface area contributed by atoms with Crippen LogP contribution in [-0.2, 0) is 9.53 Å². The van der Waals surface area contributed by atoms with Crippen LogP contribution in [0.3, 0.4) is 0 Å². The van der Waals surface area contributed by atoms with Crippen molar-refractivity contribution in [3.8, 4) is 5.75 Å². The molecule has 0 bridgehead atoms. The molecule has 5 rings (SSSR count). The van der Waals surface area contributed by atoms with Crippen LogP contribution >= 0.6 is 46.3 Å². The largest absolute Gasteiger partial charge is 0.495 e. The lowest BCUT2D eigenvalue weighted by molar-refractivity contribution is -0.121. The van der Waals surface area contributed by atoms with Crippen LogP contribution in [0.1, 0.15) is 9.67 Å². The number of anilines is 2. The van der Waals surface area contributed by atoms with Crippen LogP contribution < -0.4 is 9.64 Å². The summed E-state index contributed by atoms with van der Waals surface area (Å²) in [6.45, 7) is -0.437. The first-order valence-electron chi connectivity index (χ1n) is 9.80. The summed E-state index contributed by atoms with van der Waals surface area (Å²) in [6, 6.07) is 18.7.